The molecule has 0 saturated heterocycles. The number of hydrogen-bond acceptors (Lipinski definition) is 1. The standard InChI is InChI=1S/C7H5OS/c1-2-8-3-7-5-9-4-6(1)7/h1-5H/q+1. The van der Waals surface area contributed by atoms with E-state index in [-0.39, 0.29) is 0 Å². The van der Waals surface area contributed by atoms with Crippen LogP contribution in [-0.4, -0.2) is 0 Å². The topological polar surface area (TPSA) is 11.3 Å². The van der Waals surface area contributed by atoms with E-state index in [0.717, 1.165) is 0 Å². The van der Waals surface area contributed by atoms with E-state index in [1.807, 2.05) is 6.07 Å². The van der Waals surface area contributed by atoms with Crippen LogP contribution in [0.25, 0.3) is 10.8 Å². The van der Waals surface area contributed by atoms with Crippen molar-refractivity contribution < 1.29 is 4.42 Å². The van der Waals surface area contributed by atoms with Crippen LogP contribution in [0.1, 0.15) is 0 Å². The molecule has 0 aromatic carbocycles. The van der Waals surface area contributed by atoms with Crippen LogP contribution in [0.15, 0.2) is 33.8 Å². The van der Waals surface area contributed by atoms with Crippen molar-refractivity contribution >= 4 is 22.1 Å². The van der Waals surface area contributed by atoms with Crippen molar-refractivity contribution in [1.82, 2.24) is 0 Å². The first-order valence-corrected chi connectivity index (χ1v) is 3.62. The van der Waals surface area contributed by atoms with Crippen molar-refractivity contribution in [1.29, 1.82) is 0 Å². The Morgan fingerprint density at radius 1 is 1.22 bits per heavy atom. The van der Waals surface area contributed by atoms with Crippen LogP contribution in [0.2, 0.25) is 0 Å². The Hall–Kier alpha value is -0.890. The van der Waals surface area contributed by atoms with Crippen molar-refractivity contribution in [3.8, 4) is 0 Å². The Balaban J connectivity index is 2.95. The van der Waals surface area contributed by atoms with Crippen LogP contribution in [0.4, 0.5) is 0 Å². The maximum atomic E-state index is 4.96. The lowest BCUT2D eigenvalue weighted by Crippen LogP contribution is -1.57. The number of fused-ring (bicyclic) bond motifs is 1. The van der Waals surface area contributed by atoms with Crippen molar-refractivity contribution in [2.45, 2.75) is 0 Å². The fourth-order valence-corrected chi connectivity index (χ4v) is 1.54. The summed E-state index contributed by atoms with van der Waals surface area (Å²) < 4.78 is 4.96. The molecule has 0 unspecified atom stereocenters. The van der Waals surface area contributed by atoms with E-state index in [0.29, 0.717) is 0 Å². The molecule has 2 heteroatoms. The molecule has 0 bridgehead atoms. The van der Waals surface area contributed by atoms with Gasteiger partial charge in [0.2, 0.25) is 0 Å². The zero-order chi connectivity index (χ0) is 6.10. The highest BCUT2D eigenvalue weighted by Gasteiger charge is 1.96. The summed E-state index contributed by atoms with van der Waals surface area (Å²) in [5.41, 5.74) is 0. The van der Waals surface area contributed by atoms with Crippen LogP contribution in [0.5, 0.6) is 0 Å². The third kappa shape index (κ3) is 0.715. The Labute approximate surface area is 56.6 Å². The van der Waals surface area contributed by atoms with Gasteiger partial charge >= 0.3 is 12.5 Å². The lowest BCUT2D eigenvalue weighted by molar-refractivity contribution is 0.558. The zero-order valence-electron chi connectivity index (χ0n) is 4.70. The fraction of sp³-hybridized carbons (Fsp3) is 0. The molecule has 0 aliphatic rings. The monoisotopic (exact) mass is 137 g/mol. The molecule has 9 heavy (non-hydrogen) atoms. The summed E-state index contributed by atoms with van der Waals surface area (Å²) in [6, 6.07) is 1.96. The van der Waals surface area contributed by atoms with Gasteiger partial charge in [-0.2, -0.15) is 11.3 Å². The van der Waals surface area contributed by atoms with Crippen molar-refractivity contribution in [2.24, 2.45) is 0 Å². The van der Waals surface area contributed by atoms with E-state index in [9.17, 15) is 0 Å². The molecular formula is C7H5OS+. The molecule has 0 aliphatic carbocycles. The second kappa shape index (κ2) is 1.81. The molecule has 2 heterocycles. The summed E-state index contributed by atoms with van der Waals surface area (Å²) in [6.07, 6.45) is 3.45. The SMILES string of the molecule is c1cc2cscc2c[o+]1. The molecule has 0 amide bonds. The number of hydrogen-bond donors (Lipinski definition) is 0. The first-order valence-electron chi connectivity index (χ1n) is 2.68. The number of thiophene rings is 1. The second-order valence-corrected chi connectivity index (χ2v) is 2.58. The zero-order valence-corrected chi connectivity index (χ0v) is 5.52. The number of rotatable bonds is 0. The minimum atomic E-state index is 1.18. The van der Waals surface area contributed by atoms with E-state index in [4.69, 9.17) is 4.42 Å². The van der Waals surface area contributed by atoms with E-state index in [2.05, 4.69) is 10.8 Å². The van der Waals surface area contributed by atoms with Crippen LogP contribution in [0.3, 0.4) is 0 Å². The molecule has 0 N–H and O–H groups in total. The highest BCUT2D eigenvalue weighted by molar-refractivity contribution is 7.09. The highest BCUT2D eigenvalue weighted by Crippen LogP contribution is 2.17. The minimum absolute atomic E-state index is 1.18. The summed E-state index contributed by atoms with van der Waals surface area (Å²) >= 11 is 1.69. The van der Waals surface area contributed by atoms with Gasteiger partial charge in [-0.15, -0.1) is 0 Å². The van der Waals surface area contributed by atoms with Gasteiger partial charge in [0.15, 0.2) is 0 Å². The minimum Gasteiger partial charge on any atom is -0.224 e. The Morgan fingerprint density at radius 2 is 2.11 bits per heavy atom. The fourth-order valence-electron chi connectivity index (χ4n) is 0.773. The van der Waals surface area contributed by atoms with Gasteiger partial charge in [-0.05, 0) is 5.38 Å². The predicted molar refractivity (Wildman–Crippen MR) is 38.5 cm³/mol. The summed E-state index contributed by atoms with van der Waals surface area (Å²) in [5, 5.41) is 6.61. The van der Waals surface area contributed by atoms with Gasteiger partial charge in [-0.25, -0.2) is 4.42 Å². The Bertz CT molecular complexity index is 283. The van der Waals surface area contributed by atoms with Crippen molar-refractivity contribution in [2.75, 3.05) is 0 Å². The highest BCUT2D eigenvalue weighted by atomic mass is 32.1. The van der Waals surface area contributed by atoms with Gasteiger partial charge in [0.1, 0.15) is 0 Å². The maximum Gasteiger partial charge on any atom is 0.326 e. The second-order valence-electron chi connectivity index (χ2n) is 1.84. The van der Waals surface area contributed by atoms with E-state index in [1.54, 1.807) is 23.9 Å². The molecule has 0 saturated carbocycles. The van der Waals surface area contributed by atoms with Crippen LogP contribution < -0.4 is 0 Å². The molecule has 0 atom stereocenters. The molecule has 0 radical (unpaired) electrons. The van der Waals surface area contributed by atoms with Gasteiger partial charge in [-0.3, -0.25) is 0 Å². The molecule has 2 aromatic rings. The quantitative estimate of drug-likeness (QED) is 0.508. The van der Waals surface area contributed by atoms with Crippen LogP contribution >= 0.6 is 11.3 Å². The van der Waals surface area contributed by atoms with Crippen LogP contribution in [-0.2, 0) is 0 Å². The average molecular weight is 137 g/mol. The first-order chi connectivity index (χ1) is 4.47. The molecule has 2 aromatic heterocycles. The molecule has 1 nitrogen and oxygen atoms in total. The largest absolute Gasteiger partial charge is 0.326 e. The molecule has 2 rings (SSSR count). The summed E-state index contributed by atoms with van der Waals surface area (Å²) in [7, 11) is 0. The van der Waals surface area contributed by atoms with Gasteiger partial charge < -0.3 is 0 Å². The molecule has 0 aliphatic heterocycles. The van der Waals surface area contributed by atoms with Crippen molar-refractivity contribution in [3.63, 3.8) is 0 Å². The lowest BCUT2D eigenvalue weighted by Gasteiger charge is -1.72. The Morgan fingerprint density at radius 3 is 3.00 bits per heavy atom. The third-order valence-electron chi connectivity index (χ3n) is 1.24. The Kier molecular flexibility index (Phi) is 0.993. The first kappa shape index (κ1) is 4.94. The summed E-state index contributed by atoms with van der Waals surface area (Å²) in [6.45, 7) is 0. The van der Waals surface area contributed by atoms with E-state index in [1.165, 1.54) is 10.8 Å². The van der Waals surface area contributed by atoms with E-state index < -0.39 is 0 Å². The van der Waals surface area contributed by atoms with Crippen LogP contribution in [0, 0.1) is 0 Å². The smallest absolute Gasteiger partial charge is 0.224 e. The van der Waals surface area contributed by atoms with Gasteiger partial charge in [-0.1, -0.05) is 0 Å². The van der Waals surface area contributed by atoms with Gasteiger partial charge in [0, 0.05) is 16.8 Å². The van der Waals surface area contributed by atoms with Gasteiger partial charge in [0.25, 0.3) is 0 Å². The molecular weight excluding hydrogens is 132 g/mol. The average Bonchev–Trinajstić information content (AvgIpc) is 2.33. The molecule has 0 fully saturated rings. The molecule has 0 spiro atoms. The van der Waals surface area contributed by atoms with Gasteiger partial charge in [0.05, 0.1) is 5.39 Å². The third-order valence-corrected chi connectivity index (χ3v) is 2.02. The predicted octanol–water partition coefficient (Wildman–Crippen LogP) is 2.78. The maximum absolute atomic E-state index is 4.96. The molecule has 44 valence electrons. The van der Waals surface area contributed by atoms with Crippen molar-refractivity contribution in [3.05, 3.63) is 29.4 Å². The normalized spacial score (nSPS) is 10.2. The summed E-state index contributed by atoms with van der Waals surface area (Å²) in [5.74, 6) is 0. The summed E-state index contributed by atoms with van der Waals surface area (Å²) in [4.78, 5) is 0. The van der Waals surface area contributed by atoms with E-state index >= 15 is 0 Å². The lowest BCUT2D eigenvalue weighted by atomic mass is 10.3.